The van der Waals surface area contributed by atoms with Gasteiger partial charge in [-0.2, -0.15) is 0 Å². The summed E-state index contributed by atoms with van der Waals surface area (Å²) < 4.78 is 31.3. The molecule has 132 valence electrons. The summed E-state index contributed by atoms with van der Waals surface area (Å²) >= 11 is 0. The van der Waals surface area contributed by atoms with Crippen molar-refractivity contribution in [2.75, 3.05) is 29.0 Å². The van der Waals surface area contributed by atoms with Crippen molar-refractivity contribution >= 4 is 27.3 Å². The van der Waals surface area contributed by atoms with Crippen molar-refractivity contribution in [2.24, 2.45) is 0 Å². The van der Waals surface area contributed by atoms with Gasteiger partial charge in [-0.05, 0) is 37.1 Å². The van der Waals surface area contributed by atoms with Gasteiger partial charge in [0.15, 0.2) is 0 Å². The van der Waals surface area contributed by atoms with E-state index in [0.29, 0.717) is 35.7 Å². The van der Waals surface area contributed by atoms with Crippen LogP contribution in [0.3, 0.4) is 0 Å². The second-order valence-corrected chi connectivity index (χ2v) is 7.81. The zero-order valence-corrected chi connectivity index (χ0v) is 14.8. The Morgan fingerprint density at radius 3 is 2.56 bits per heavy atom. The van der Waals surface area contributed by atoms with Gasteiger partial charge in [0.25, 0.3) is 5.91 Å². The maximum Gasteiger partial charge on any atom is 0.255 e. The number of amides is 1. The van der Waals surface area contributed by atoms with E-state index in [1.54, 1.807) is 42.5 Å². The minimum atomic E-state index is -3.32. The molecule has 1 amide bonds. The Morgan fingerprint density at radius 1 is 1.12 bits per heavy atom. The molecule has 1 aliphatic heterocycles. The Morgan fingerprint density at radius 2 is 1.88 bits per heavy atom. The van der Waals surface area contributed by atoms with E-state index < -0.39 is 10.0 Å². The second kappa shape index (κ2) is 7.14. The average Bonchev–Trinajstić information content (AvgIpc) is 2.62. The summed E-state index contributed by atoms with van der Waals surface area (Å²) in [6.07, 6.45) is 1.49. The van der Waals surface area contributed by atoms with Gasteiger partial charge >= 0.3 is 0 Å². The summed E-state index contributed by atoms with van der Waals surface area (Å²) in [5.41, 5.74) is 1.59. The molecule has 1 N–H and O–H groups in total. The van der Waals surface area contributed by atoms with Crippen molar-refractivity contribution in [3.63, 3.8) is 0 Å². The Labute approximate surface area is 147 Å². The first-order valence-electron chi connectivity index (χ1n) is 8.06. The van der Waals surface area contributed by atoms with Crippen LogP contribution in [0.4, 0.5) is 11.4 Å². The molecule has 0 bridgehead atoms. The van der Waals surface area contributed by atoms with Gasteiger partial charge in [0, 0.05) is 23.9 Å². The SMILES string of the molecule is COc1cc(NC(=O)c2ccccc2)ccc1N1CCCCS1(=O)=O. The predicted molar refractivity (Wildman–Crippen MR) is 97.8 cm³/mol. The minimum absolute atomic E-state index is 0.142. The van der Waals surface area contributed by atoms with Crippen LogP contribution in [0, 0.1) is 0 Å². The van der Waals surface area contributed by atoms with E-state index in [2.05, 4.69) is 5.32 Å². The first-order chi connectivity index (χ1) is 12.0. The summed E-state index contributed by atoms with van der Waals surface area (Å²) in [7, 11) is -1.84. The molecule has 0 spiro atoms. The molecule has 0 radical (unpaired) electrons. The van der Waals surface area contributed by atoms with E-state index in [9.17, 15) is 13.2 Å². The molecule has 1 aliphatic rings. The fourth-order valence-corrected chi connectivity index (χ4v) is 4.46. The van der Waals surface area contributed by atoms with Gasteiger partial charge in [-0.15, -0.1) is 0 Å². The molecule has 2 aromatic rings. The molecular weight excluding hydrogens is 340 g/mol. The summed E-state index contributed by atoms with van der Waals surface area (Å²) in [6, 6.07) is 13.9. The lowest BCUT2D eigenvalue weighted by Gasteiger charge is -2.29. The Bertz CT molecular complexity index is 866. The number of ether oxygens (including phenoxy) is 1. The molecule has 0 unspecified atom stereocenters. The van der Waals surface area contributed by atoms with Crippen molar-refractivity contribution in [2.45, 2.75) is 12.8 Å². The number of rotatable bonds is 4. The lowest BCUT2D eigenvalue weighted by molar-refractivity contribution is 0.102. The highest BCUT2D eigenvalue weighted by atomic mass is 32.2. The number of hydrogen-bond acceptors (Lipinski definition) is 4. The third kappa shape index (κ3) is 3.76. The molecule has 3 rings (SSSR count). The monoisotopic (exact) mass is 360 g/mol. The van der Waals surface area contributed by atoms with E-state index >= 15 is 0 Å². The molecule has 7 heteroatoms. The van der Waals surface area contributed by atoms with E-state index in [-0.39, 0.29) is 11.7 Å². The third-order valence-electron chi connectivity index (χ3n) is 4.09. The molecule has 0 aliphatic carbocycles. The van der Waals surface area contributed by atoms with Crippen LogP contribution in [0.2, 0.25) is 0 Å². The van der Waals surface area contributed by atoms with Crippen LogP contribution in [0.15, 0.2) is 48.5 Å². The molecule has 0 atom stereocenters. The van der Waals surface area contributed by atoms with Crippen LogP contribution < -0.4 is 14.4 Å². The molecule has 1 fully saturated rings. The number of sulfonamides is 1. The number of benzene rings is 2. The normalized spacial score (nSPS) is 16.3. The maximum absolute atomic E-state index is 12.3. The Balaban J connectivity index is 1.86. The fraction of sp³-hybridized carbons (Fsp3) is 0.278. The van der Waals surface area contributed by atoms with Gasteiger partial charge in [-0.3, -0.25) is 9.10 Å². The summed E-state index contributed by atoms with van der Waals surface area (Å²) in [5, 5.41) is 2.80. The van der Waals surface area contributed by atoms with E-state index in [1.165, 1.54) is 11.4 Å². The molecule has 1 saturated heterocycles. The summed E-state index contributed by atoms with van der Waals surface area (Å²) in [4.78, 5) is 12.2. The van der Waals surface area contributed by atoms with Gasteiger partial charge in [-0.25, -0.2) is 8.42 Å². The van der Waals surface area contributed by atoms with Crippen LogP contribution in [-0.4, -0.2) is 33.7 Å². The van der Waals surface area contributed by atoms with Crippen LogP contribution in [0.5, 0.6) is 5.75 Å². The number of hydrogen-bond donors (Lipinski definition) is 1. The van der Waals surface area contributed by atoms with Gasteiger partial charge in [0.05, 0.1) is 18.6 Å². The zero-order chi connectivity index (χ0) is 17.9. The van der Waals surface area contributed by atoms with Crippen molar-refractivity contribution < 1.29 is 17.9 Å². The largest absolute Gasteiger partial charge is 0.494 e. The standard InChI is InChI=1S/C18H20N2O4S/c1-24-17-13-15(19-18(21)14-7-3-2-4-8-14)9-10-16(17)20-11-5-6-12-25(20,22)23/h2-4,7-10,13H,5-6,11-12H2,1H3,(H,19,21). The first kappa shape index (κ1) is 17.3. The second-order valence-electron chi connectivity index (χ2n) is 5.80. The predicted octanol–water partition coefficient (Wildman–Crippen LogP) is 2.88. The quantitative estimate of drug-likeness (QED) is 0.910. The van der Waals surface area contributed by atoms with Crippen LogP contribution >= 0.6 is 0 Å². The zero-order valence-electron chi connectivity index (χ0n) is 13.9. The van der Waals surface area contributed by atoms with Crippen molar-refractivity contribution in [3.05, 3.63) is 54.1 Å². The summed E-state index contributed by atoms with van der Waals surface area (Å²) in [5.74, 6) is 0.320. The number of nitrogens with zero attached hydrogens (tertiary/aromatic N) is 1. The minimum Gasteiger partial charge on any atom is -0.494 e. The van der Waals surface area contributed by atoms with Gasteiger partial charge in [0.1, 0.15) is 5.75 Å². The van der Waals surface area contributed by atoms with E-state index in [4.69, 9.17) is 4.74 Å². The van der Waals surface area contributed by atoms with Crippen molar-refractivity contribution in [1.29, 1.82) is 0 Å². The van der Waals surface area contributed by atoms with Crippen molar-refractivity contribution in [1.82, 2.24) is 0 Å². The highest BCUT2D eigenvalue weighted by molar-refractivity contribution is 7.92. The number of methoxy groups -OCH3 is 1. The molecule has 2 aromatic carbocycles. The number of carbonyl (C=O) groups excluding carboxylic acids is 1. The van der Waals surface area contributed by atoms with Gasteiger partial charge < -0.3 is 10.1 Å². The lowest BCUT2D eigenvalue weighted by atomic mass is 10.2. The third-order valence-corrected chi connectivity index (χ3v) is 5.95. The van der Waals surface area contributed by atoms with Crippen LogP contribution in [0.25, 0.3) is 0 Å². The van der Waals surface area contributed by atoms with Crippen LogP contribution in [0.1, 0.15) is 23.2 Å². The van der Waals surface area contributed by atoms with E-state index in [0.717, 1.165) is 6.42 Å². The van der Waals surface area contributed by atoms with Gasteiger partial charge in [0.2, 0.25) is 10.0 Å². The van der Waals surface area contributed by atoms with Gasteiger partial charge in [-0.1, -0.05) is 18.2 Å². The fourth-order valence-electron chi connectivity index (χ4n) is 2.81. The maximum atomic E-state index is 12.3. The highest BCUT2D eigenvalue weighted by Gasteiger charge is 2.28. The smallest absolute Gasteiger partial charge is 0.255 e. The Hall–Kier alpha value is -2.54. The molecular formula is C18H20N2O4S. The average molecular weight is 360 g/mol. The van der Waals surface area contributed by atoms with Crippen LogP contribution in [-0.2, 0) is 10.0 Å². The topological polar surface area (TPSA) is 75.7 Å². The Kier molecular flexibility index (Phi) is 4.94. The number of carbonyl (C=O) groups is 1. The number of anilines is 2. The first-order valence-corrected chi connectivity index (χ1v) is 9.67. The molecule has 25 heavy (non-hydrogen) atoms. The molecule has 0 aromatic heterocycles. The number of nitrogens with one attached hydrogen (secondary N) is 1. The van der Waals surface area contributed by atoms with Crippen molar-refractivity contribution in [3.8, 4) is 5.75 Å². The highest BCUT2D eigenvalue weighted by Crippen LogP contribution is 2.34. The lowest BCUT2D eigenvalue weighted by Crippen LogP contribution is -2.38. The van der Waals surface area contributed by atoms with E-state index in [1.807, 2.05) is 6.07 Å². The molecule has 6 nitrogen and oxygen atoms in total. The molecule has 1 heterocycles. The summed E-state index contributed by atoms with van der Waals surface area (Å²) in [6.45, 7) is 0.439. The molecule has 0 saturated carbocycles.